The van der Waals surface area contributed by atoms with Crippen LogP contribution in [-0.2, 0) is 5.54 Å². The fourth-order valence-electron chi connectivity index (χ4n) is 1.75. The van der Waals surface area contributed by atoms with Gasteiger partial charge in [-0.05, 0) is 51.9 Å². The van der Waals surface area contributed by atoms with Gasteiger partial charge in [0.1, 0.15) is 5.52 Å². The van der Waals surface area contributed by atoms with E-state index < -0.39 is 0 Å². The summed E-state index contributed by atoms with van der Waals surface area (Å²) in [6.45, 7) is 8.24. The highest BCUT2D eigenvalue weighted by atomic mass is 16.4. The number of oxazole rings is 1. The SMILES string of the molecule is CNC(C)(C)c1nc2cc(C)cc(C)c2o1. The molecular formula is C13H18N2O. The Labute approximate surface area is 95.9 Å². The lowest BCUT2D eigenvalue weighted by atomic mass is 10.1. The van der Waals surface area contributed by atoms with Gasteiger partial charge in [-0.15, -0.1) is 0 Å². The molecule has 0 amide bonds. The Hall–Kier alpha value is -1.35. The van der Waals surface area contributed by atoms with Gasteiger partial charge in [-0.2, -0.15) is 0 Å². The van der Waals surface area contributed by atoms with E-state index in [0.29, 0.717) is 0 Å². The van der Waals surface area contributed by atoms with E-state index in [0.717, 1.165) is 22.6 Å². The van der Waals surface area contributed by atoms with Gasteiger partial charge in [0.25, 0.3) is 0 Å². The van der Waals surface area contributed by atoms with Gasteiger partial charge in [-0.1, -0.05) is 6.07 Å². The van der Waals surface area contributed by atoms with Gasteiger partial charge in [0.05, 0.1) is 5.54 Å². The molecule has 1 N–H and O–H groups in total. The minimum absolute atomic E-state index is 0.237. The molecule has 2 rings (SSSR count). The predicted octanol–water partition coefficient (Wildman–Crippen LogP) is 2.90. The van der Waals surface area contributed by atoms with Crippen molar-refractivity contribution in [3.8, 4) is 0 Å². The van der Waals surface area contributed by atoms with Crippen molar-refractivity contribution in [2.24, 2.45) is 0 Å². The number of benzene rings is 1. The Balaban J connectivity index is 2.65. The highest BCUT2D eigenvalue weighted by molar-refractivity contribution is 5.77. The molecule has 0 saturated carbocycles. The Morgan fingerprint density at radius 3 is 2.56 bits per heavy atom. The molecule has 0 bridgehead atoms. The third-order valence-corrected chi connectivity index (χ3v) is 2.98. The van der Waals surface area contributed by atoms with Crippen LogP contribution in [0.5, 0.6) is 0 Å². The molecule has 16 heavy (non-hydrogen) atoms. The summed E-state index contributed by atoms with van der Waals surface area (Å²) >= 11 is 0. The van der Waals surface area contributed by atoms with Crippen LogP contribution in [0.15, 0.2) is 16.5 Å². The molecule has 1 aromatic heterocycles. The second-order valence-electron chi connectivity index (χ2n) is 4.82. The van der Waals surface area contributed by atoms with Crippen LogP contribution in [0, 0.1) is 13.8 Å². The number of hydrogen-bond acceptors (Lipinski definition) is 3. The van der Waals surface area contributed by atoms with Gasteiger partial charge in [0.15, 0.2) is 5.58 Å². The van der Waals surface area contributed by atoms with Crippen molar-refractivity contribution in [2.75, 3.05) is 7.05 Å². The van der Waals surface area contributed by atoms with Crippen molar-refractivity contribution < 1.29 is 4.42 Å². The average molecular weight is 218 g/mol. The summed E-state index contributed by atoms with van der Waals surface area (Å²) in [6.07, 6.45) is 0. The van der Waals surface area contributed by atoms with E-state index >= 15 is 0 Å². The molecule has 0 spiro atoms. The largest absolute Gasteiger partial charge is 0.438 e. The summed E-state index contributed by atoms with van der Waals surface area (Å²) in [5, 5.41) is 3.20. The maximum Gasteiger partial charge on any atom is 0.215 e. The molecule has 86 valence electrons. The Bertz CT molecular complexity index is 526. The average Bonchev–Trinajstić information content (AvgIpc) is 2.62. The third kappa shape index (κ3) is 1.71. The summed E-state index contributed by atoms with van der Waals surface area (Å²) < 4.78 is 5.84. The lowest BCUT2D eigenvalue weighted by Crippen LogP contribution is -2.33. The predicted molar refractivity (Wildman–Crippen MR) is 65.6 cm³/mol. The zero-order valence-electron chi connectivity index (χ0n) is 10.5. The van der Waals surface area contributed by atoms with E-state index in [4.69, 9.17) is 4.42 Å². The maximum absolute atomic E-state index is 5.84. The van der Waals surface area contributed by atoms with Crippen LogP contribution in [0.2, 0.25) is 0 Å². The number of nitrogens with one attached hydrogen (secondary N) is 1. The summed E-state index contributed by atoms with van der Waals surface area (Å²) in [7, 11) is 1.91. The first-order chi connectivity index (χ1) is 7.44. The molecule has 0 fully saturated rings. The van der Waals surface area contributed by atoms with E-state index in [9.17, 15) is 0 Å². The highest BCUT2D eigenvalue weighted by Gasteiger charge is 2.24. The Morgan fingerprint density at radius 1 is 1.25 bits per heavy atom. The molecule has 0 aliphatic heterocycles. The van der Waals surface area contributed by atoms with Gasteiger partial charge >= 0.3 is 0 Å². The first-order valence-electron chi connectivity index (χ1n) is 5.51. The minimum atomic E-state index is -0.237. The number of rotatable bonds is 2. The summed E-state index contributed by atoms with van der Waals surface area (Å²) in [5.41, 5.74) is 3.95. The lowest BCUT2D eigenvalue weighted by molar-refractivity contribution is 0.338. The van der Waals surface area contributed by atoms with Crippen LogP contribution in [0.3, 0.4) is 0 Å². The van der Waals surface area contributed by atoms with E-state index in [-0.39, 0.29) is 5.54 Å². The fourth-order valence-corrected chi connectivity index (χ4v) is 1.75. The van der Waals surface area contributed by atoms with Crippen molar-refractivity contribution in [1.82, 2.24) is 10.3 Å². The topological polar surface area (TPSA) is 38.1 Å². The maximum atomic E-state index is 5.84. The fraction of sp³-hybridized carbons (Fsp3) is 0.462. The van der Waals surface area contributed by atoms with E-state index in [1.807, 2.05) is 7.05 Å². The molecule has 3 nitrogen and oxygen atoms in total. The molecular weight excluding hydrogens is 200 g/mol. The second kappa shape index (κ2) is 3.59. The quantitative estimate of drug-likeness (QED) is 0.842. The zero-order valence-corrected chi connectivity index (χ0v) is 10.5. The molecule has 0 aliphatic carbocycles. The van der Waals surface area contributed by atoms with E-state index in [1.54, 1.807) is 0 Å². The van der Waals surface area contributed by atoms with Crippen molar-refractivity contribution >= 4 is 11.1 Å². The Kier molecular flexibility index (Phi) is 2.50. The third-order valence-electron chi connectivity index (χ3n) is 2.98. The van der Waals surface area contributed by atoms with Crippen LogP contribution in [0.1, 0.15) is 30.9 Å². The normalized spacial score (nSPS) is 12.3. The Morgan fingerprint density at radius 2 is 1.94 bits per heavy atom. The number of aryl methyl sites for hydroxylation is 2. The van der Waals surface area contributed by atoms with Crippen LogP contribution >= 0.6 is 0 Å². The number of nitrogens with zero attached hydrogens (tertiary/aromatic N) is 1. The van der Waals surface area contributed by atoms with Crippen molar-refractivity contribution in [3.63, 3.8) is 0 Å². The minimum Gasteiger partial charge on any atom is -0.438 e. The number of aromatic nitrogens is 1. The van der Waals surface area contributed by atoms with Crippen LogP contribution in [0.4, 0.5) is 0 Å². The van der Waals surface area contributed by atoms with Gasteiger partial charge in [0.2, 0.25) is 5.89 Å². The first kappa shape index (κ1) is 11.1. The van der Waals surface area contributed by atoms with E-state index in [1.165, 1.54) is 5.56 Å². The molecule has 0 aliphatic rings. The van der Waals surface area contributed by atoms with Gasteiger partial charge in [-0.3, -0.25) is 0 Å². The van der Waals surface area contributed by atoms with Crippen LogP contribution < -0.4 is 5.32 Å². The first-order valence-corrected chi connectivity index (χ1v) is 5.51. The molecule has 0 radical (unpaired) electrons. The van der Waals surface area contributed by atoms with Crippen LogP contribution in [0.25, 0.3) is 11.1 Å². The lowest BCUT2D eigenvalue weighted by Gasteiger charge is -2.18. The highest BCUT2D eigenvalue weighted by Crippen LogP contribution is 2.26. The summed E-state index contributed by atoms with van der Waals surface area (Å²) in [6, 6.07) is 4.17. The number of fused-ring (bicyclic) bond motifs is 1. The molecule has 1 heterocycles. The molecule has 0 atom stereocenters. The molecule has 1 aromatic carbocycles. The summed E-state index contributed by atoms with van der Waals surface area (Å²) in [4.78, 5) is 4.55. The molecule has 2 aromatic rings. The van der Waals surface area contributed by atoms with Gasteiger partial charge in [-0.25, -0.2) is 4.98 Å². The van der Waals surface area contributed by atoms with Crippen molar-refractivity contribution in [3.05, 3.63) is 29.2 Å². The standard InChI is InChI=1S/C13H18N2O/c1-8-6-9(2)11-10(7-8)15-12(16-11)13(3,4)14-5/h6-7,14H,1-5H3. The van der Waals surface area contributed by atoms with Gasteiger partial charge < -0.3 is 9.73 Å². The summed E-state index contributed by atoms with van der Waals surface area (Å²) in [5.74, 6) is 0.735. The van der Waals surface area contributed by atoms with E-state index in [2.05, 4.69) is 50.1 Å². The number of hydrogen-bond donors (Lipinski definition) is 1. The van der Waals surface area contributed by atoms with Gasteiger partial charge in [0, 0.05) is 0 Å². The molecule has 0 unspecified atom stereocenters. The van der Waals surface area contributed by atoms with Crippen molar-refractivity contribution in [1.29, 1.82) is 0 Å². The smallest absolute Gasteiger partial charge is 0.215 e. The van der Waals surface area contributed by atoms with Crippen LogP contribution in [-0.4, -0.2) is 12.0 Å². The van der Waals surface area contributed by atoms with Crippen molar-refractivity contribution in [2.45, 2.75) is 33.2 Å². The second-order valence-corrected chi connectivity index (χ2v) is 4.82. The molecule has 0 saturated heterocycles. The zero-order chi connectivity index (χ0) is 11.9. The monoisotopic (exact) mass is 218 g/mol. The molecule has 3 heteroatoms.